The van der Waals surface area contributed by atoms with Crippen molar-refractivity contribution >= 4 is 72.8 Å². The average molecular weight is 602 g/mol. The van der Waals surface area contributed by atoms with Crippen LogP contribution in [0.15, 0.2) is 81.2 Å². The summed E-state index contributed by atoms with van der Waals surface area (Å²) >= 11 is 12.2. The Morgan fingerprint density at radius 3 is 2.50 bits per heavy atom. The number of methoxy groups -OCH3 is 1. The van der Waals surface area contributed by atoms with Gasteiger partial charge in [-0.25, -0.2) is 0 Å². The van der Waals surface area contributed by atoms with Crippen LogP contribution in [0.4, 0.5) is 5.69 Å². The van der Waals surface area contributed by atoms with E-state index in [-0.39, 0.29) is 10.7 Å². The van der Waals surface area contributed by atoms with Gasteiger partial charge < -0.3 is 9.47 Å². The van der Waals surface area contributed by atoms with Gasteiger partial charge >= 0.3 is 0 Å². The van der Waals surface area contributed by atoms with Crippen LogP contribution in [0.1, 0.15) is 11.1 Å². The molecule has 34 heavy (non-hydrogen) atoms. The van der Waals surface area contributed by atoms with E-state index in [2.05, 4.69) is 37.2 Å². The van der Waals surface area contributed by atoms with E-state index in [4.69, 9.17) is 21.7 Å². The standard InChI is InChI=1S/C25H18Br2N2O4S/c1-32-21-12-16(11-20(27)22(21)33-14-15-6-3-2-4-7-15)10-19-23(30)28-25(34)29(24(19)31)18-9-5-8-17(26)13-18/h2-13H,14H2,1H3,(H,28,30,34)/b19-10+. The van der Waals surface area contributed by atoms with Gasteiger partial charge in [0.1, 0.15) is 12.2 Å². The number of halogens is 2. The maximum absolute atomic E-state index is 13.3. The number of carbonyl (C=O) groups is 2. The van der Waals surface area contributed by atoms with Gasteiger partial charge in [0.05, 0.1) is 17.3 Å². The van der Waals surface area contributed by atoms with Crippen molar-refractivity contribution in [2.75, 3.05) is 12.0 Å². The molecule has 0 radical (unpaired) electrons. The van der Waals surface area contributed by atoms with Crippen LogP contribution in [0.25, 0.3) is 6.08 Å². The van der Waals surface area contributed by atoms with Gasteiger partial charge in [-0.05, 0) is 75.7 Å². The molecule has 0 atom stereocenters. The lowest BCUT2D eigenvalue weighted by Crippen LogP contribution is -2.54. The van der Waals surface area contributed by atoms with Crippen LogP contribution >= 0.6 is 44.1 Å². The minimum Gasteiger partial charge on any atom is -0.493 e. The van der Waals surface area contributed by atoms with Gasteiger partial charge in [-0.3, -0.25) is 19.8 Å². The Morgan fingerprint density at radius 1 is 1.03 bits per heavy atom. The summed E-state index contributed by atoms with van der Waals surface area (Å²) in [7, 11) is 1.53. The highest BCUT2D eigenvalue weighted by atomic mass is 79.9. The number of anilines is 1. The molecule has 3 aromatic rings. The van der Waals surface area contributed by atoms with Crippen LogP contribution in [-0.4, -0.2) is 24.0 Å². The molecule has 2 amide bonds. The molecule has 3 aromatic carbocycles. The normalized spacial score (nSPS) is 14.9. The van der Waals surface area contributed by atoms with E-state index in [1.54, 1.807) is 30.3 Å². The van der Waals surface area contributed by atoms with Crippen LogP contribution in [0.2, 0.25) is 0 Å². The van der Waals surface area contributed by atoms with Gasteiger partial charge in [-0.2, -0.15) is 0 Å². The molecule has 1 N–H and O–H groups in total. The van der Waals surface area contributed by atoms with Gasteiger partial charge in [0.15, 0.2) is 16.6 Å². The van der Waals surface area contributed by atoms with E-state index >= 15 is 0 Å². The predicted octanol–water partition coefficient (Wildman–Crippen LogP) is 5.63. The highest BCUT2D eigenvalue weighted by Gasteiger charge is 2.34. The van der Waals surface area contributed by atoms with E-state index in [1.165, 1.54) is 18.1 Å². The number of benzene rings is 3. The van der Waals surface area contributed by atoms with Gasteiger partial charge in [0.25, 0.3) is 11.8 Å². The Morgan fingerprint density at radius 2 is 1.79 bits per heavy atom. The summed E-state index contributed by atoms with van der Waals surface area (Å²) in [5.41, 5.74) is 2.08. The van der Waals surface area contributed by atoms with Gasteiger partial charge in [-0.15, -0.1) is 0 Å². The molecule has 0 spiro atoms. The number of nitrogens with one attached hydrogen (secondary N) is 1. The first kappa shape index (κ1) is 24.1. The molecule has 4 rings (SSSR count). The third-order valence-electron chi connectivity index (χ3n) is 4.96. The quantitative estimate of drug-likeness (QED) is 0.225. The Labute approximate surface area is 218 Å². The number of ether oxygens (including phenoxy) is 2. The third-order valence-corrected chi connectivity index (χ3v) is 6.32. The second kappa shape index (κ2) is 10.5. The number of hydrogen-bond acceptors (Lipinski definition) is 5. The fraction of sp³-hybridized carbons (Fsp3) is 0.0800. The molecule has 1 fully saturated rings. The van der Waals surface area contributed by atoms with Crippen molar-refractivity contribution in [3.8, 4) is 11.5 Å². The molecule has 6 nitrogen and oxygen atoms in total. The smallest absolute Gasteiger partial charge is 0.270 e. The Balaban J connectivity index is 1.65. The van der Waals surface area contributed by atoms with E-state index in [0.717, 1.165) is 10.0 Å². The van der Waals surface area contributed by atoms with E-state index < -0.39 is 11.8 Å². The highest BCUT2D eigenvalue weighted by Crippen LogP contribution is 2.38. The Kier molecular flexibility index (Phi) is 7.45. The summed E-state index contributed by atoms with van der Waals surface area (Å²) in [6.07, 6.45) is 1.50. The zero-order valence-electron chi connectivity index (χ0n) is 17.9. The second-order valence-electron chi connectivity index (χ2n) is 7.25. The van der Waals surface area contributed by atoms with Gasteiger partial charge in [-0.1, -0.05) is 52.3 Å². The van der Waals surface area contributed by atoms with Crippen LogP contribution in [-0.2, 0) is 16.2 Å². The lowest BCUT2D eigenvalue weighted by molar-refractivity contribution is -0.122. The van der Waals surface area contributed by atoms with Crippen LogP contribution in [0.5, 0.6) is 11.5 Å². The van der Waals surface area contributed by atoms with Gasteiger partial charge in [0.2, 0.25) is 0 Å². The van der Waals surface area contributed by atoms with Crippen LogP contribution in [0, 0.1) is 0 Å². The van der Waals surface area contributed by atoms with Gasteiger partial charge in [0, 0.05) is 4.47 Å². The highest BCUT2D eigenvalue weighted by molar-refractivity contribution is 9.10. The van der Waals surface area contributed by atoms with Crippen molar-refractivity contribution in [3.63, 3.8) is 0 Å². The molecule has 0 aliphatic carbocycles. The van der Waals surface area contributed by atoms with Crippen molar-refractivity contribution < 1.29 is 19.1 Å². The number of rotatable bonds is 6. The van der Waals surface area contributed by atoms with E-state index in [1.807, 2.05) is 36.4 Å². The summed E-state index contributed by atoms with van der Waals surface area (Å²) in [6.45, 7) is 0.357. The first-order valence-corrected chi connectivity index (χ1v) is 12.1. The van der Waals surface area contributed by atoms with Crippen molar-refractivity contribution in [2.24, 2.45) is 0 Å². The number of nitrogens with zero attached hydrogens (tertiary/aromatic N) is 1. The number of amides is 2. The van der Waals surface area contributed by atoms with Crippen molar-refractivity contribution in [3.05, 3.63) is 92.4 Å². The summed E-state index contributed by atoms with van der Waals surface area (Å²) in [5, 5.41) is 2.61. The fourth-order valence-corrected chi connectivity index (χ4v) is 4.61. The second-order valence-corrected chi connectivity index (χ2v) is 9.40. The summed E-state index contributed by atoms with van der Waals surface area (Å²) in [6, 6.07) is 20.3. The summed E-state index contributed by atoms with van der Waals surface area (Å²) in [5.74, 6) is -0.114. The molecule has 0 saturated carbocycles. The maximum Gasteiger partial charge on any atom is 0.270 e. The molecule has 1 aliphatic rings. The fourth-order valence-electron chi connectivity index (χ4n) is 3.37. The summed E-state index contributed by atoms with van der Waals surface area (Å²) < 4.78 is 12.9. The van der Waals surface area contributed by atoms with Crippen molar-refractivity contribution in [1.29, 1.82) is 0 Å². The molecule has 0 unspecified atom stereocenters. The molecule has 1 aliphatic heterocycles. The van der Waals surface area contributed by atoms with Crippen molar-refractivity contribution in [2.45, 2.75) is 6.61 Å². The monoisotopic (exact) mass is 600 g/mol. The molecule has 0 bridgehead atoms. The Hall–Kier alpha value is -3.01. The minimum atomic E-state index is -0.569. The molecule has 1 saturated heterocycles. The molecular formula is C25H18Br2N2O4S. The summed E-state index contributed by atoms with van der Waals surface area (Å²) in [4.78, 5) is 27.2. The maximum atomic E-state index is 13.3. The number of thiocarbonyl (C=S) groups is 1. The third kappa shape index (κ3) is 5.22. The van der Waals surface area contributed by atoms with E-state index in [0.29, 0.717) is 33.8 Å². The first-order chi connectivity index (χ1) is 16.4. The van der Waals surface area contributed by atoms with E-state index in [9.17, 15) is 9.59 Å². The SMILES string of the molecule is COc1cc(/C=C2\C(=O)NC(=S)N(c3cccc(Br)c3)C2=O)cc(Br)c1OCc1ccccc1. The largest absolute Gasteiger partial charge is 0.493 e. The lowest BCUT2D eigenvalue weighted by atomic mass is 10.1. The lowest BCUT2D eigenvalue weighted by Gasteiger charge is -2.29. The number of carbonyl (C=O) groups excluding carboxylic acids is 2. The topological polar surface area (TPSA) is 67.9 Å². The van der Waals surface area contributed by atoms with Crippen LogP contribution < -0.4 is 19.7 Å². The van der Waals surface area contributed by atoms with Crippen LogP contribution in [0.3, 0.4) is 0 Å². The first-order valence-electron chi connectivity index (χ1n) is 10.1. The Bertz CT molecular complexity index is 1310. The zero-order chi connectivity index (χ0) is 24.2. The molecule has 9 heteroatoms. The average Bonchev–Trinajstić information content (AvgIpc) is 2.81. The molecule has 1 heterocycles. The minimum absolute atomic E-state index is 0.0219. The van der Waals surface area contributed by atoms with Crippen molar-refractivity contribution in [1.82, 2.24) is 5.32 Å². The molecule has 0 aromatic heterocycles. The predicted molar refractivity (Wildman–Crippen MR) is 142 cm³/mol. The zero-order valence-corrected chi connectivity index (χ0v) is 21.9. The number of hydrogen-bond donors (Lipinski definition) is 1. The molecular weight excluding hydrogens is 584 g/mol. The molecule has 172 valence electrons.